The zero-order chi connectivity index (χ0) is 19.5. The number of rotatable bonds is 5. The Morgan fingerprint density at radius 3 is 2.50 bits per heavy atom. The fraction of sp³-hybridized carbons (Fsp3) is 0.353. The summed E-state index contributed by atoms with van der Waals surface area (Å²) in [7, 11) is 1.38. The molecular formula is C17H18F3N3O3. The molecule has 0 bridgehead atoms. The van der Waals surface area contributed by atoms with Crippen molar-refractivity contribution in [3.05, 3.63) is 42.5 Å². The van der Waals surface area contributed by atoms with E-state index in [9.17, 15) is 27.6 Å². The van der Waals surface area contributed by atoms with Crippen molar-refractivity contribution in [3.8, 4) is 0 Å². The highest BCUT2D eigenvalue weighted by Gasteiger charge is 2.41. The van der Waals surface area contributed by atoms with E-state index in [0.29, 0.717) is 10.6 Å². The third-order valence-corrected chi connectivity index (χ3v) is 4.01. The minimum absolute atomic E-state index is 0.0485. The average Bonchev–Trinajstić information content (AvgIpc) is 2.93. The number of likely N-dealkylation sites (N-methyl/N-ethyl adjacent to an activating group) is 1. The molecule has 1 heterocycles. The lowest BCUT2D eigenvalue weighted by atomic mass is 10.1. The molecule has 0 saturated carbocycles. The molecule has 1 aliphatic heterocycles. The Morgan fingerprint density at radius 2 is 1.96 bits per heavy atom. The predicted molar refractivity (Wildman–Crippen MR) is 88.4 cm³/mol. The van der Waals surface area contributed by atoms with E-state index in [1.807, 2.05) is 0 Å². The van der Waals surface area contributed by atoms with Crippen molar-refractivity contribution in [2.75, 3.05) is 25.5 Å². The molecule has 1 aliphatic rings. The summed E-state index contributed by atoms with van der Waals surface area (Å²) in [6, 6.07) is 5.02. The molecule has 3 amide bonds. The Kier molecular flexibility index (Phi) is 5.69. The lowest BCUT2D eigenvalue weighted by molar-refractivity contribution is -0.158. The smallest absolute Gasteiger partial charge is 0.332 e. The van der Waals surface area contributed by atoms with Gasteiger partial charge >= 0.3 is 6.18 Å². The van der Waals surface area contributed by atoms with Gasteiger partial charge < -0.3 is 15.1 Å². The number of benzene rings is 1. The zero-order valence-corrected chi connectivity index (χ0v) is 14.0. The van der Waals surface area contributed by atoms with E-state index in [1.165, 1.54) is 31.3 Å². The molecule has 1 unspecified atom stereocenters. The first-order chi connectivity index (χ1) is 12.1. The van der Waals surface area contributed by atoms with E-state index in [-0.39, 0.29) is 18.5 Å². The summed E-state index contributed by atoms with van der Waals surface area (Å²) in [6.07, 6.45) is -3.23. The van der Waals surface area contributed by atoms with Crippen LogP contribution >= 0.6 is 0 Å². The zero-order valence-electron chi connectivity index (χ0n) is 14.0. The molecule has 6 nitrogen and oxygen atoms in total. The number of hydrogen-bond donors (Lipinski definition) is 1. The molecule has 1 fully saturated rings. The van der Waals surface area contributed by atoms with Gasteiger partial charge in [-0.1, -0.05) is 6.58 Å². The second kappa shape index (κ2) is 7.59. The molecule has 2 rings (SSSR count). The summed E-state index contributed by atoms with van der Waals surface area (Å²) in [5.41, 5.74) is 0.716. The highest BCUT2D eigenvalue weighted by Crippen LogP contribution is 2.24. The SMILES string of the molecule is C=CC(=O)Nc1ccc(C(=O)N(C)C2CCN(CC(F)(F)F)C2=O)cc1. The highest BCUT2D eigenvalue weighted by molar-refractivity contribution is 6.00. The first-order valence-corrected chi connectivity index (χ1v) is 7.78. The van der Waals surface area contributed by atoms with Crippen LogP contribution in [0.2, 0.25) is 0 Å². The van der Waals surface area contributed by atoms with Gasteiger partial charge in [0.1, 0.15) is 12.6 Å². The first-order valence-electron chi connectivity index (χ1n) is 7.78. The number of halogens is 3. The van der Waals surface area contributed by atoms with Gasteiger partial charge in [0.05, 0.1) is 0 Å². The van der Waals surface area contributed by atoms with Gasteiger partial charge in [0.2, 0.25) is 11.8 Å². The number of amides is 3. The second-order valence-electron chi connectivity index (χ2n) is 5.87. The summed E-state index contributed by atoms with van der Waals surface area (Å²) in [5, 5.41) is 2.53. The van der Waals surface area contributed by atoms with E-state index in [2.05, 4.69) is 11.9 Å². The molecule has 0 spiro atoms. The van der Waals surface area contributed by atoms with Crippen molar-refractivity contribution in [2.24, 2.45) is 0 Å². The molecule has 0 radical (unpaired) electrons. The first kappa shape index (κ1) is 19.5. The third-order valence-electron chi connectivity index (χ3n) is 4.01. The monoisotopic (exact) mass is 369 g/mol. The van der Waals surface area contributed by atoms with Crippen LogP contribution in [0, 0.1) is 0 Å². The number of nitrogens with one attached hydrogen (secondary N) is 1. The van der Waals surface area contributed by atoms with Crippen LogP contribution in [0.1, 0.15) is 16.8 Å². The van der Waals surface area contributed by atoms with Crippen LogP contribution in [-0.2, 0) is 9.59 Å². The van der Waals surface area contributed by atoms with Gasteiger partial charge in [-0.2, -0.15) is 13.2 Å². The normalized spacial score (nSPS) is 17.2. The van der Waals surface area contributed by atoms with E-state index in [0.717, 1.165) is 11.0 Å². The number of carbonyl (C=O) groups excluding carboxylic acids is 3. The fourth-order valence-corrected chi connectivity index (χ4v) is 2.69. The second-order valence-corrected chi connectivity index (χ2v) is 5.87. The molecule has 1 aromatic rings. The van der Waals surface area contributed by atoms with Crippen LogP contribution < -0.4 is 5.32 Å². The van der Waals surface area contributed by atoms with Gasteiger partial charge in [0.25, 0.3) is 5.91 Å². The van der Waals surface area contributed by atoms with E-state index in [1.54, 1.807) is 0 Å². The lowest BCUT2D eigenvalue weighted by Crippen LogP contribution is -2.44. The number of alkyl halides is 3. The molecule has 0 aliphatic carbocycles. The standard InChI is InChI=1S/C17H18F3N3O3/c1-3-14(24)21-12-6-4-11(5-7-12)15(25)22(2)13-8-9-23(16(13)26)10-17(18,19)20/h3-7,13H,1,8-10H2,2H3,(H,21,24). The maximum Gasteiger partial charge on any atom is 0.406 e. The van der Waals surface area contributed by atoms with Gasteiger partial charge in [0.15, 0.2) is 0 Å². The summed E-state index contributed by atoms with van der Waals surface area (Å²) in [6.45, 7) is 1.96. The quantitative estimate of drug-likeness (QED) is 0.808. The Morgan fingerprint density at radius 1 is 1.35 bits per heavy atom. The van der Waals surface area contributed by atoms with Gasteiger partial charge in [0, 0.05) is 24.8 Å². The van der Waals surface area contributed by atoms with Gasteiger partial charge in [-0.25, -0.2) is 0 Å². The summed E-state index contributed by atoms with van der Waals surface area (Å²) in [4.78, 5) is 37.7. The summed E-state index contributed by atoms with van der Waals surface area (Å²) < 4.78 is 37.4. The molecule has 1 N–H and O–H groups in total. The van der Waals surface area contributed by atoms with Crippen LogP contribution in [0.3, 0.4) is 0 Å². The molecule has 9 heteroatoms. The van der Waals surface area contributed by atoms with E-state index >= 15 is 0 Å². The van der Waals surface area contributed by atoms with Crippen molar-refractivity contribution < 1.29 is 27.6 Å². The number of nitrogens with zero attached hydrogens (tertiary/aromatic N) is 2. The van der Waals surface area contributed by atoms with Crippen LogP contribution in [0.4, 0.5) is 18.9 Å². The van der Waals surface area contributed by atoms with Gasteiger partial charge in [-0.05, 0) is 36.8 Å². The maximum absolute atomic E-state index is 12.5. The highest BCUT2D eigenvalue weighted by atomic mass is 19.4. The largest absolute Gasteiger partial charge is 0.406 e. The number of anilines is 1. The van der Waals surface area contributed by atoms with Crippen LogP contribution in [0.25, 0.3) is 0 Å². The van der Waals surface area contributed by atoms with Crippen molar-refractivity contribution >= 4 is 23.4 Å². The van der Waals surface area contributed by atoms with Gasteiger partial charge in [-0.3, -0.25) is 14.4 Å². The molecule has 1 aromatic carbocycles. The Labute approximate surface area is 148 Å². The summed E-state index contributed by atoms with van der Waals surface area (Å²) in [5.74, 6) is -1.60. The van der Waals surface area contributed by atoms with E-state index < -0.39 is 36.5 Å². The van der Waals surface area contributed by atoms with Crippen LogP contribution in [0.5, 0.6) is 0 Å². The Balaban J connectivity index is 2.04. The third kappa shape index (κ3) is 4.62. The Bertz CT molecular complexity index is 716. The van der Waals surface area contributed by atoms with E-state index in [4.69, 9.17) is 0 Å². The van der Waals surface area contributed by atoms with Gasteiger partial charge in [-0.15, -0.1) is 0 Å². The molecule has 0 aromatic heterocycles. The topological polar surface area (TPSA) is 69.7 Å². The molecule has 1 saturated heterocycles. The fourth-order valence-electron chi connectivity index (χ4n) is 2.69. The van der Waals surface area contributed by atoms with Crippen molar-refractivity contribution in [3.63, 3.8) is 0 Å². The Hall–Kier alpha value is -2.84. The summed E-state index contributed by atoms with van der Waals surface area (Å²) >= 11 is 0. The van der Waals surface area contributed by atoms with Crippen molar-refractivity contribution in [2.45, 2.75) is 18.6 Å². The van der Waals surface area contributed by atoms with Crippen LogP contribution in [-0.4, -0.2) is 59.9 Å². The van der Waals surface area contributed by atoms with Crippen molar-refractivity contribution in [1.82, 2.24) is 9.80 Å². The predicted octanol–water partition coefficient (Wildman–Crippen LogP) is 2.05. The van der Waals surface area contributed by atoms with Crippen LogP contribution in [0.15, 0.2) is 36.9 Å². The minimum atomic E-state index is -4.47. The lowest BCUT2D eigenvalue weighted by Gasteiger charge is -2.24. The van der Waals surface area contributed by atoms with Crippen molar-refractivity contribution in [1.29, 1.82) is 0 Å². The maximum atomic E-state index is 12.5. The average molecular weight is 369 g/mol. The molecular weight excluding hydrogens is 351 g/mol. The number of hydrogen-bond acceptors (Lipinski definition) is 3. The molecule has 1 atom stereocenters. The number of likely N-dealkylation sites (tertiary alicyclic amines) is 1. The number of carbonyl (C=O) groups is 3. The molecule has 26 heavy (non-hydrogen) atoms. The molecule has 140 valence electrons. The minimum Gasteiger partial charge on any atom is -0.332 e.